The highest BCUT2D eigenvalue weighted by molar-refractivity contribution is 7.90. The Labute approximate surface area is 157 Å². The monoisotopic (exact) mass is 409 g/mol. The molecule has 0 atom stereocenters. The van der Waals surface area contributed by atoms with E-state index in [1.54, 1.807) is 0 Å². The fourth-order valence-electron chi connectivity index (χ4n) is 2.55. The number of benzene rings is 2. The number of hydrogen-bond donors (Lipinski definition) is 0. The number of nitrogens with zero attached hydrogens (tertiary/aromatic N) is 3. The van der Waals surface area contributed by atoms with Crippen LogP contribution in [0.1, 0.15) is 5.69 Å². The number of aromatic nitrogens is 2. The van der Waals surface area contributed by atoms with Crippen LogP contribution in [0.5, 0.6) is 0 Å². The maximum Gasteiger partial charge on any atom is 0.435 e. The van der Waals surface area contributed by atoms with Gasteiger partial charge in [-0.05, 0) is 30.3 Å². The smallest absolute Gasteiger partial charge is 0.238 e. The van der Waals surface area contributed by atoms with Gasteiger partial charge in [-0.1, -0.05) is 18.2 Å². The Bertz CT molecular complexity index is 1190. The van der Waals surface area contributed by atoms with Crippen LogP contribution in [0.15, 0.2) is 53.4 Å². The molecule has 10 heteroatoms. The van der Waals surface area contributed by atoms with Crippen LogP contribution in [0.25, 0.3) is 21.8 Å². The number of alkyl halides is 3. The molecule has 0 amide bonds. The molecule has 3 rings (SSSR count). The van der Waals surface area contributed by atoms with Crippen LogP contribution >= 0.6 is 0 Å². The second-order valence-corrected chi connectivity index (χ2v) is 7.85. The molecule has 5 nitrogen and oxygen atoms in total. The van der Waals surface area contributed by atoms with E-state index < -0.39 is 32.4 Å². The van der Waals surface area contributed by atoms with Crippen molar-refractivity contribution < 1.29 is 26.0 Å². The van der Waals surface area contributed by atoms with Crippen molar-refractivity contribution in [1.82, 2.24) is 9.78 Å². The third-order valence-corrected chi connectivity index (χ3v) is 4.98. The second-order valence-electron chi connectivity index (χ2n) is 5.87. The highest BCUT2D eigenvalue weighted by Gasteiger charge is 2.35. The van der Waals surface area contributed by atoms with E-state index in [4.69, 9.17) is 6.57 Å². The Morgan fingerprint density at radius 2 is 1.71 bits per heavy atom. The van der Waals surface area contributed by atoms with Gasteiger partial charge < -0.3 is 0 Å². The summed E-state index contributed by atoms with van der Waals surface area (Å²) < 4.78 is 77.8. The molecular formula is C18H11F4N3O2S. The lowest BCUT2D eigenvalue weighted by atomic mass is 10.1. The fraction of sp³-hybridized carbons (Fsp3) is 0.111. The SMILES string of the molecule is [C-]#[N+]c1ccc(-n2nc(C(F)(F)F)cc2-c2ccc(S(C)(=O)=O)c(F)c2)cc1. The molecule has 28 heavy (non-hydrogen) atoms. The normalized spacial score (nSPS) is 12.0. The van der Waals surface area contributed by atoms with Crippen molar-refractivity contribution in [2.45, 2.75) is 11.1 Å². The van der Waals surface area contributed by atoms with Gasteiger partial charge in [0.25, 0.3) is 0 Å². The molecule has 144 valence electrons. The summed E-state index contributed by atoms with van der Waals surface area (Å²) >= 11 is 0. The van der Waals surface area contributed by atoms with Crippen molar-refractivity contribution in [2.75, 3.05) is 6.26 Å². The van der Waals surface area contributed by atoms with Gasteiger partial charge in [0, 0.05) is 11.8 Å². The standard InChI is InChI=1S/C18H11F4N3O2S/c1-23-12-4-6-13(7-5-12)25-15(10-17(24-25)18(20,21)22)11-3-8-16(14(19)9-11)28(2,26)27/h3-10H,2H3. The Morgan fingerprint density at radius 3 is 2.21 bits per heavy atom. The lowest BCUT2D eigenvalue weighted by Crippen LogP contribution is -2.07. The van der Waals surface area contributed by atoms with Gasteiger partial charge in [0.2, 0.25) is 0 Å². The average molecular weight is 409 g/mol. The van der Waals surface area contributed by atoms with E-state index >= 15 is 0 Å². The maximum atomic E-state index is 14.2. The Morgan fingerprint density at radius 1 is 1.07 bits per heavy atom. The number of rotatable bonds is 3. The summed E-state index contributed by atoms with van der Waals surface area (Å²) in [5, 5.41) is 3.56. The second kappa shape index (κ2) is 6.76. The third-order valence-electron chi connectivity index (χ3n) is 3.85. The van der Waals surface area contributed by atoms with Crippen LogP contribution in [0, 0.1) is 12.4 Å². The molecule has 1 heterocycles. The van der Waals surface area contributed by atoms with Crippen molar-refractivity contribution >= 4 is 15.5 Å². The van der Waals surface area contributed by atoms with E-state index in [0.29, 0.717) is 0 Å². The summed E-state index contributed by atoms with van der Waals surface area (Å²) in [4.78, 5) is 2.65. The van der Waals surface area contributed by atoms with Crippen molar-refractivity contribution in [2.24, 2.45) is 0 Å². The van der Waals surface area contributed by atoms with Gasteiger partial charge in [0.15, 0.2) is 21.2 Å². The van der Waals surface area contributed by atoms with E-state index in [1.165, 1.54) is 30.3 Å². The molecular weight excluding hydrogens is 398 g/mol. The Hall–Kier alpha value is -3.19. The molecule has 0 fully saturated rings. The summed E-state index contributed by atoms with van der Waals surface area (Å²) in [7, 11) is -3.83. The average Bonchev–Trinajstić information content (AvgIpc) is 3.06. The van der Waals surface area contributed by atoms with Gasteiger partial charge in [0.05, 0.1) is 18.0 Å². The van der Waals surface area contributed by atoms with Crippen LogP contribution in [-0.2, 0) is 16.0 Å². The van der Waals surface area contributed by atoms with Crippen molar-refractivity contribution in [3.63, 3.8) is 0 Å². The van der Waals surface area contributed by atoms with E-state index in [1.807, 2.05) is 0 Å². The van der Waals surface area contributed by atoms with Crippen LogP contribution in [0.4, 0.5) is 23.2 Å². The number of hydrogen-bond acceptors (Lipinski definition) is 3. The van der Waals surface area contributed by atoms with E-state index in [2.05, 4.69) is 9.94 Å². The highest BCUT2D eigenvalue weighted by atomic mass is 32.2. The van der Waals surface area contributed by atoms with Gasteiger partial charge in [-0.15, -0.1) is 0 Å². The van der Waals surface area contributed by atoms with Crippen LogP contribution in [0.2, 0.25) is 0 Å². The quantitative estimate of drug-likeness (QED) is 0.467. The first kappa shape index (κ1) is 19.6. The predicted octanol–water partition coefficient (Wildman–Crippen LogP) is 4.65. The molecule has 0 aliphatic carbocycles. The molecule has 1 aromatic heterocycles. The fourth-order valence-corrected chi connectivity index (χ4v) is 3.28. The summed E-state index contributed by atoms with van der Waals surface area (Å²) in [6.45, 7) is 6.94. The van der Waals surface area contributed by atoms with Crippen LogP contribution in [0.3, 0.4) is 0 Å². The molecule has 0 saturated heterocycles. The maximum absolute atomic E-state index is 14.2. The van der Waals surface area contributed by atoms with Gasteiger partial charge in [-0.3, -0.25) is 0 Å². The minimum Gasteiger partial charge on any atom is -0.238 e. The number of halogens is 4. The molecule has 0 saturated carbocycles. The summed E-state index contributed by atoms with van der Waals surface area (Å²) in [5.41, 5.74) is -0.740. The lowest BCUT2D eigenvalue weighted by molar-refractivity contribution is -0.141. The zero-order valence-corrected chi connectivity index (χ0v) is 15.0. The molecule has 0 aliphatic rings. The minimum atomic E-state index is -4.73. The van der Waals surface area contributed by atoms with Crippen molar-refractivity contribution in [1.29, 1.82) is 0 Å². The molecule has 0 unspecified atom stereocenters. The zero-order chi connectivity index (χ0) is 20.7. The van der Waals surface area contributed by atoms with Gasteiger partial charge in [-0.25, -0.2) is 22.3 Å². The summed E-state index contributed by atoms with van der Waals surface area (Å²) in [5.74, 6) is -1.08. The first-order chi connectivity index (χ1) is 13.0. The van der Waals surface area contributed by atoms with Gasteiger partial charge >= 0.3 is 6.18 Å². The summed E-state index contributed by atoms with van der Waals surface area (Å²) in [6, 6.07) is 9.43. The van der Waals surface area contributed by atoms with Gasteiger partial charge in [-0.2, -0.15) is 18.3 Å². The zero-order valence-electron chi connectivity index (χ0n) is 14.2. The largest absolute Gasteiger partial charge is 0.435 e. The summed E-state index contributed by atoms with van der Waals surface area (Å²) in [6.07, 6.45) is -3.91. The first-order valence-corrected chi connectivity index (χ1v) is 9.55. The molecule has 0 N–H and O–H groups in total. The molecule has 0 radical (unpaired) electrons. The van der Waals surface area contributed by atoms with E-state index in [9.17, 15) is 26.0 Å². The van der Waals surface area contributed by atoms with Crippen LogP contribution in [-0.4, -0.2) is 24.5 Å². The minimum absolute atomic E-state index is 0.0159. The number of sulfone groups is 1. The predicted molar refractivity (Wildman–Crippen MR) is 93.3 cm³/mol. The first-order valence-electron chi connectivity index (χ1n) is 7.66. The third kappa shape index (κ3) is 3.75. The Balaban J connectivity index is 2.21. The molecule has 3 aromatic rings. The van der Waals surface area contributed by atoms with Crippen molar-refractivity contribution in [3.05, 3.63) is 71.5 Å². The molecule has 0 bridgehead atoms. The molecule has 2 aromatic carbocycles. The van der Waals surface area contributed by atoms with Crippen LogP contribution < -0.4 is 0 Å². The van der Waals surface area contributed by atoms with Crippen molar-refractivity contribution in [3.8, 4) is 16.9 Å². The molecule has 0 spiro atoms. The van der Waals surface area contributed by atoms with E-state index in [0.717, 1.165) is 29.1 Å². The van der Waals surface area contributed by atoms with Gasteiger partial charge in [0.1, 0.15) is 10.7 Å². The Kier molecular flexibility index (Phi) is 4.72. The van der Waals surface area contributed by atoms with E-state index in [-0.39, 0.29) is 22.6 Å². The molecule has 0 aliphatic heterocycles. The topological polar surface area (TPSA) is 56.3 Å². The highest BCUT2D eigenvalue weighted by Crippen LogP contribution is 2.34. The lowest BCUT2D eigenvalue weighted by Gasteiger charge is -2.09.